The molecule has 0 aromatic heterocycles. The summed E-state index contributed by atoms with van der Waals surface area (Å²) in [4.78, 5) is 0. The van der Waals surface area contributed by atoms with E-state index in [2.05, 4.69) is 18.3 Å². The molecule has 0 bridgehead atoms. The van der Waals surface area contributed by atoms with E-state index < -0.39 is 0 Å². The minimum absolute atomic E-state index is 0.601. The molecule has 0 aliphatic carbocycles. The summed E-state index contributed by atoms with van der Waals surface area (Å²) in [5, 5.41) is 4.12. The number of hydrogen-bond acceptors (Lipinski definition) is 2. The lowest BCUT2D eigenvalue weighted by molar-refractivity contribution is 0.598. The van der Waals surface area contributed by atoms with Crippen molar-refractivity contribution in [2.45, 2.75) is 25.1 Å². The van der Waals surface area contributed by atoms with Crippen LogP contribution in [0.3, 0.4) is 0 Å². The molecule has 1 rings (SSSR count). The average Bonchev–Trinajstić information content (AvgIpc) is 2.26. The van der Waals surface area contributed by atoms with Crippen LogP contribution in [-0.4, -0.2) is 18.8 Å². The van der Waals surface area contributed by atoms with E-state index in [9.17, 15) is 0 Å². The molecule has 1 aromatic carbocycles. The lowest BCUT2D eigenvalue weighted by Gasteiger charge is -2.09. The number of thioether (sulfide) groups is 1. The molecule has 0 amide bonds. The molecule has 0 saturated heterocycles. The summed E-state index contributed by atoms with van der Waals surface area (Å²) in [7, 11) is 2.00. The monoisotopic (exact) mass is 243 g/mol. The molecule has 0 saturated carbocycles. The minimum Gasteiger partial charge on any atom is -0.317 e. The Morgan fingerprint density at radius 3 is 2.80 bits per heavy atom. The van der Waals surface area contributed by atoms with Gasteiger partial charge in [0.25, 0.3) is 0 Å². The highest BCUT2D eigenvalue weighted by molar-refractivity contribution is 7.98. The van der Waals surface area contributed by atoms with E-state index in [-0.39, 0.29) is 0 Å². The van der Waals surface area contributed by atoms with Crippen molar-refractivity contribution in [1.29, 1.82) is 0 Å². The molecule has 0 radical (unpaired) electrons. The highest BCUT2D eigenvalue weighted by Gasteiger charge is 2.00. The first-order valence-electron chi connectivity index (χ1n) is 5.22. The van der Waals surface area contributed by atoms with E-state index >= 15 is 0 Å². The van der Waals surface area contributed by atoms with Gasteiger partial charge in [0.05, 0.1) is 0 Å². The molecule has 1 atom stereocenters. The Bertz CT molecular complexity index is 291. The van der Waals surface area contributed by atoms with Gasteiger partial charge >= 0.3 is 0 Å². The molecule has 3 heteroatoms. The standard InChI is InChI=1S/C12H18ClNS/c1-10(14-2)7-8-15-9-11-5-3-4-6-12(11)13/h3-6,10,14H,7-9H2,1-2H3. The summed E-state index contributed by atoms with van der Waals surface area (Å²) in [6, 6.07) is 8.66. The molecule has 0 fully saturated rings. The Morgan fingerprint density at radius 1 is 1.40 bits per heavy atom. The molecule has 1 nitrogen and oxygen atoms in total. The first kappa shape index (κ1) is 12.9. The van der Waals surface area contributed by atoms with Crippen LogP contribution in [0.25, 0.3) is 0 Å². The number of halogens is 1. The van der Waals surface area contributed by atoms with Crippen LogP contribution in [0, 0.1) is 0 Å². The van der Waals surface area contributed by atoms with Crippen molar-refractivity contribution in [3.8, 4) is 0 Å². The van der Waals surface area contributed by atoms with Gasteiger partial charge in [-0.15, -0.1) is 0 Å². The Kier molecular flexibility index (Phi) is 6.15. The van der Waals surface area contributed by atoms with Gasteiger partial charge in [0.15, 0.2) is 0 Å². The molecule has 0 aliphatic rings. The van der Waals surface area contributed by atoms with E-state index in [1.807, 2.05) is 37.0 Å². The van der Waals surface area contributed by atoms with Crippen LogP contribution in [0.4, 0.5) is 0 Å². The second-order valence-electron chi connectivity index (χ2n) is 3.62. The molecule has 1 unspecified atom stereocenters. The van der Waals surface area contributed by atoms with Crippen molar-refractivity contribution in [2.75, 3.05) is 12.8 Å². The van der Waals surface area contributed by atoms with E-state index in [1.54, 1.807) is 0 Å². The maximum absolute atomic E-state index is 6.07. The molecule has 0 heterocycles. The fraction of sp³-hybridized carbons (Fsp3) is 0.500. The maximum atomic E-state index is 6.07. The predicted octanol–water partition coefficient (Wildman–Crippen LogP) is 3.57. The quantitative estimate of drug-likeness (QED) is 0.767. The van der Waals surface area contributed by atoms with Crippen molar-refractivity contribution in [1.82, 2.24) is 5.32 Å². The van der Waals surface area contributed by atoms with E-state index in [4.69, 9.17) is 11.6 Å². The lowest BCUT2D eigenvalue weighted by atomic mass is 10.2. The first-order chi connectivity index (χ1) is 7.24. The highest BCUT2D eigenvalue weighted by Crippen LogP contribution is 2.21. The second kappa shape index (κ2) is 7.15. The van der Waals surface area contributed by atoms with Gasteiger partial charge in [0, 0.05) is 16.8 Å². The summed E-state index contributed by atoms with van der Waals surface area (Å²) in [5.74, 6) is 2.18. The molecular weight excluding hydrogens is 226 g/mol. The molecule has 1 aromatic rings. The van der Waals surface area contributed by atoms with Crippen molar-refractivity contribution in [3.05, 3.63) is 34.9 Å². The zero-order valence-corrected chi connectivity index (χ0v) is 10.9. The van der Waals surface area contributed by atoms with Crippen LogP contribution in [0.2, 0.25) is 5.02 Å². The predicted molar refractivity (Wildman–Crippen MR) is 70.8 cm³/mol. The third kappa shape index (κ3) is 4.92. The Labute approximate surface area is 102 Å². The van der Waals surface area contributed by atoms with Gasteiger partial charge < -0.3 is 5.32 Å². The first-order valence-corrected chi connectivity index (χ1v) is 6.75. The minimum atomic E-state index is 0.601. The van der Waals surface area contributed by atoms with Crippen LogP contribution in [-0.2, 0) is 5.75 Å². The van der Waals surface area contributed by atoms with Crippen LogP contribution in [0.5, 0.6) is 0 Å². The number of nitrogens with one attached hydrogen (secondary N) is 1. The van der Waals surface area contributed by atoms with Crippen LogP contribution >= 0.6 is 23.4 Å². The summed E-state index contributed by atoms with van der Waals surface area (Å²) in [6.45, 7) is 2.20. The average molecular weight is 244 g/mol. The van der Waals surface area contributed by atoms with Crippen molar-refractivity contribution in [3.63, 3.8) is 0 Å². The van der Waals surface area contributed by atoms with Crippen LogP contribution in [0.15, 0.2) is 24.3 Å². The van der Waals surface area contributed by atoms with Crippen molar-refractivity contribution in [2.24, 2.45) is 0 Å². The summed E-state index contributed by atoms with van der Waals surface area (Å²) >= 11 is 8.01. The maximum Gasteiger partial charge on any atom is 0.0446 e. The molecule has 0 aliphatic heterocycles. The Hall–Kier alpha value is -0.180. The third-order valence-corrected chi connectivity index (χ3v) is 3.81. The zero-order chi connectivity index (χ0) is 11.1. The van der Waals surface area contributed by atoms with Gasteiger partial charge in [-0.1, -0.05) is 29.8 Å². The lowest BCUT2D eigenvalue weighted by Crippen LogP contribution is -2.21. The van der Waals surface area contributed by atoms with Gasteiger partial charge in [-0.25, -0.2) is 0 Å². The van der Waals surface area contributed by atoms with E-state index in [1.165, 1.54) is 17.7 Å². The Morgan fingerprint density at radius 2 is 2.13 bits per heavy atom. The van der Waals surface area contributed by atoms with Crippen LogP contribution < -0.4 is 5.32 Å². The molecule has 1 N–H and O–H groups in total. The number of rotatable bonds is 6. The largest absolute Gasteiger partial charge is 0.317 e. The number of benzene rings is 1. The summed E-state index contributed by atoms with van der Waals surface area (Å²) in [5.41, 5.74) is 1.24. The second-order valence-corrected chi connectivity index (χ2v) is 5.13. The van der Waals surface area contributed by atoms with Gasteiger partial charge in [0.1, 0.15) is 0 Å². The van der Waals surface area contributed by atoms with E-state index in [0.29, 0.717) is 6.04 Å². The molecule has 0 spiro atoms. The molecule has 15 heavy (non-hydrogen) atoms. The van der Waals surface area contributed by atoms with Gasteiger partial charge in [-0.2, -0.15) is 11.8 Å². The van der Waals surface area contributed by atoms with Gasteiger partial charge in [-0.3, -0.25) is 0 Å². The molecule has 84 valence electrons. The fourth-order valence-corrected chi connectivity index (χ4v) is 2.62. The van der Waals surface area contributed by atoms with E-state index in [0.717, 1.165) is 10.8 Å². The summed E-state index contributed by atoms with van der Waals surface area (Å²) < 4.78 is 0. The topological polar surface area (TPSA) is 12.0 Å². The summed E-state index contributed by atoms with van der Waals surface area (Å²) in [6.07, 6.45) is 1.20. The highest BCUT2D eigenvalue weighted by atomic mass is 35.5. The zero-order valence-electron chi connectivity index (χ0n) is 9.29. The normalized spacial score (nSPS) is 12.7. The number of hydrogen-bond donors (Lipinski definition) is 1. The van der Waals surface area contributed by atoms with Gasteiger partial charge in [0.2, 0.25) is 0 Å². The third-order valence-electron chi connectivity index (χ3n) is 2.40. The van der Waals surface area contributed by atoms with Gasteiger partial charge in [-0.05, 0) is 37.8 Å². The van der Waals surface area contributed by atoms with Crippen molar-refractivity contribution < 1.29 is 0 Å². The SMILES string of the molecule is CNC(C)CCSCc1ccccc1Cl. The smallest absolute Gasteiger partial charge is 0.0446 e. The van der Waals surface area contributed by atoms with Crippen molar-refractivity contribution >= 4 is 23.4 Å². The van der Waals surface area contributed by atoms with Crippen LogP contribution in [0.1, 0.15) is 18.9 Å². The Balaban J connectivity index is 2.23. The fourth-order valence-electron chi connectivity index (χ4n) is 1.20. The molecular formula is C12H18ClNS.